The lowest BCUT2D eigenvalue weighted by atomic mass is 10.2. The van der Waals surface area contributed by atoms with E-state index in [1.807, 2.05) is 36.4 Å². The maximum atomic E-state index is 6.11. The summed E-state index contributed by atoms with van der Waals surface area (Å²) in [6.07, 6.45) is 0. The number of ether oxygens (including phenoxy) is 3. The molecule has 0 radical (unpaired) electrons. The number of aromatic nitrogens is 3. The van der Waals surface area contributed by atoms with Crippen LogP contribution in [0.15, 0.2) is 78.9 Å². The second-order valence-electron chi connectivity index (χ2n) is 9.62. The van der Waals surface area contributed by atoms with E-state index in [0.29, 0.717) is 31.5 Å². The maximum absolute atomic E-state index is 6.11. The summed E-state index contributed by atoms with van der Waals surface area (Å²) in [6.45, 7) is 5.69. The van der Waals surface area contributed by atoms with Crippen molar-refractivity contribution in [2.45, 2.75) is 13.1 Å². The van der Waals surface area contributed by atoms with Crippen molar-refractivity contribution in [3.05, 3.63) is 90.1 Å². The first-order valence-corrected chi connectivity index (χ1v) is 13.4. The molecule has 39 heavy (non-hydrogen) atoms. The van der Waals surface area contributed by atoms with Crippen LogP contribution in [0.5, 0.6) is 5.75 Å². The third kappa shape index (κ3) is 5.59. The van der Waals surface area contributed by atoms with Gasteiger partial charge in [-0.05, 0) is 29.8 Å². The van der Waals surface area contributed by atoms with Gasteiger partial charge in [0.15, 0.2) is 0 Å². The molecule has 1 fully saturated rings. The van der Waals surface area contributed by atoms with Gasteiger partial charge in [0, 0.05) is 49.8 Å². The Morgan fingerprint density at radius 1 is 0.897 bits per heavy atom. The third-order valence-electron chi connectivity index (χ3n) is 7.00. The molecule has 8 heteroatoms. The van der Waals surface area contributed by atoms with Crippen LogP contribution in [0.25, 0.3) is 27.8 Å². The standard InChI is InChI=1S/C31H33N5O3/c1-37-18-19-39-28-13-7-11-26-29(28)33-31(34-30(26)32-21-23-8-3-2-4-9-23)36-25(22-35-14-16-38-17-15-35)20-24-10-5-6-12-27(24)36/h2-13,20H,14-19,21-22H2,1H3,(H,32,33,34). The van der Waals surface area contributed by atoms with Gasteiger partial charge in [-0.25, -0.2) is 4.98 Å². The molecule has 1 saturated heterocycles. The molecule has 1 N–H and O–H groups in total. The smallest absolute Gasteiger partial charge is 0.237 e. The highest BCUT2D eigenvalue weighted by Crippen LogP contribution is 2.32. The zero-order valence-corrected chi connectivity index (χ0v) is 22.2. The van der Waals surface area contributed by atoms with Crippen LogP contribution in [0.4, 0.5) is 5.82 Å². The second-order valence-corrected chi connectivity index (χ2v) is 9.62. The summed E-state index contributed by atoms with van der Waals surface area (Å²) in [4.78, 5) is 12.7. The monoisotopic (exact) mass is 523 g/mol. The Morgan fingerprint density at radius 2 is 1.72 bits per heavy atom. The molecule has 0 spiro atoms. The number of fused-ring (bicyclic) bond motifs is 2. The average Bonchev–Trinajstić information content (AvgIpc) is 3.35. The van der Waals surface area contributed by atoms with E-state index in [4.69, 9.17) is 24.2 Å². The van der Waals surface area contributed by atoms with Crippen LogP contribution in [0.2, 0.25) is 0 Å². The second kappa shape index (κ2) is 11.8. The molecule has 0 unspecified atom stereocenters. The number of hydrogen-bond acceptors (Lipinski definition) is 7. The van der Waals surface area contributed by atoms with Crippen molar-refractivity contribution < 1.29 is 14.2 Å². The predicted molar refractivity (Wildman–Crippen MR) is 154 cm³/mol. The van der Waals surface area contributed by atoms with Gasteiger partial charge in [0.1, 0.15) is 23.7 Å². The Bertz CT molecular complexity index is 1550. The zero-order chi connectivity index (χ0) is 26.4. The minimum Gasteiger partial charge on any atom is -0.489 e. The minimum atomic E-state index is 0.441. The van der Waals surface area contributed by atoms with Crippen molar-refractivity contribution >= 4 is 27.6 Å². The Balaban J connectivity index is 1.48. The average molecular weight is 524 g/mol. The van der Waals surface area contributed by atoms with Crippen molar-refractivity contribution in [3.8, 4) is 11.7 Å². The number of benzene rings is 3. The van der Waals surface area contributed by atoms with Crippen LogP contribution in [-0.2, 0) is 22.6 Å². The quantitative estimate of drug-likeness (QED) is 0.257. The van der Waals surface area contributed by atoms with Crippen LogP contribution in [-0.4, -0.2) is 66.1 Å². The van der Waals surface area contributed by atoms with E-state index in [9.17, 15) is 0 Å². The fourth-order valence-electron chi connectivity index (χ4n) is 5.03. The molecule has 1 aliphatic rings. The number of rotatable bonds is 10. The van der Waals surface area contributed by atoms with E-state index in [1.165, 1.54) is 5.56 Å². The molecule has 0 saturated carbocycles. The number of morpholine rings is 1. The van der Waals surface area contributed by atoms with Gasteiger partial charge in [0.05, 0.1) is 25.3 Å². The fourth-order valence-corrected chi connectivity index (χ4v) is 5.03. The van der Waals surface area contributed by atoms with Crippen molar-refractivity contribution in [2.75, 3.05) is 51.9 Å². The molecule has 1 aliphatic heterocycles. The van der Waals surface area contributed by atoms with Crippen molar-refractivity contribution in [1.82, 2.24) is 19.4 Å². The molecule has 0 atom stereocenters. The summed E-state index contributed by atoms with van der Waals surface area (Å²) < 4.78 is 19.1. The van der Waals surface area contributed by atoms with E-state index in [0.717, 1.165) is 66.2 Å². The molecule has 5 aromatic rings. The van der Waals surface area contributed by atoms with Gasteiger partial charge < -0.3 is 19.5 Å². The first kappa shape index (κ1) is 25.3. The van der Waals surface area contributed by atoms with Gasteiger partial charge in [0.25, 0.3) is 0 Å². The van der Waals surface area contributed by atoms with Gasteiger partial charge in [-0.15, -0.1) is 0 Å². The molecule has 0 bridgehead atoms. The summed E-state index contributed by atoms with van der Waals surface area (Å²) in [7, 11) is 1.67. The van der Waals surface area contributed by atoms with Crippen LogP contribution >= 0.6 is 0 Å². The zero-order valence-electron chi connectivity index (χ0n) is 22.2. The summed E-state index contributed by atoms with van der Waals surface area (Å²) in [5.41, 5.74) is 4.16. The van der Waals surface area contributed by atoms with Gasteiger partial charge in [-0.1, -0.05) is 54.6 Å². The van der Waals surface area contributed by atoms with Crippen LogP contribution in [0.1, 0.15) is 11.3 Å². The molecule has 3 heterocycles. The van der Waals surface area contributed by atoms with E-state index in [1.54, 1.807) is 7.11 Å². The molecule has 3 aromatic carbocycles. The minimum absolute atomic E-state index is 0.441. The molecule has 8 nitrogen and oxygen atoms in total. The fraction of sp³-hybridized carbons (Fsp3) is 0.290. The number of nitrogens with zero attached hydrogens (tertiary/aromatic N) is 4. The molecule has 0 amide bonds. The molecular formula is C31H33N5O3. The molecule has 0 aliphatic carbocycles. The summed E-state index contributed by atoms with van der Waals surface area (Å²) in [5.74, 6) is 2.10. The maximum Gasteiger partial charge on any atom is 0.237 e. The van der Waals surface area contributed by atoms with Gasteiger partial charge in [-0.2, -0.15) is 4.98 Å². The topological polar surface area (TPSA) is 73.7 Å². The van der Waals surface area contributed by atoms with Crippen molar-refractivity contribution in [3.63, 3.8) is 0 Å². The summed E-state index contributed by atoms with van der Waals surface area (Å²) >= 11 is 0. The summed E-state index contributed by atoms with van der Waals surface area (Å²) in [6, 6.07) is 27.0. The third-order valence-corrected chi connectivity index (χ3v) is 7.00. The summed E-state index contributed by atoms with van der Waals surface area (Å²) in [5, 5.41) is 5.65. The van der Waals surface area contributed by atoms with Crippen LogP contribution < -0.4 is 10.1 Å². The molecule has 6 rings (SSSR count). The van der Waals surface area contributed by atoms with E-state index < -0.39 is 0 Å². The highest BCUT2D eigenvalue weighted by Gasteiger charge is 2.20. The normalized spacial score (nSPS) is 14.2. The number of nitrogens with one attached hydrogen (secondary N) is 1. The lowest BCUT2D eigenvalue weighted by molar-refractivity contribution is 0.0335. The van der Waals surface area contributed by atoms with Crippen molar-refractivity contribution in [1.29, 1.82) is 0 Å². The SMILES string of the molecule is COCCOc1cccc2c(NCc3ccccc3)nc(-n3c(CN4CCOCC4)cc4ccccc43)nc12. The molecule has 2 aromatic heterocycles. The van der Waals surface area contributed by atoms with E-state index in [-0.39, 0.29) is 0 Å². The Morgan fingerprint density at radius 3 is 2.56 bits per heavy atom. The van der Waals surface area contributed by atoms with E-state index in [2.05, 4.69) is 57.2 Å². The first-order chi connectivity index (χ1) is 19.3. The molecule has 200 valence electrons. The van der Waals surface area contributed by atoms with Gasteiger partial charge >= 0.3 is 0 Å². The lowest BCUT2D eigenvalue weighted by Gasteiger charge is -2.27. The Labute approximate surface area is 228 Å². The highest BCUT2D eigenvalue weighted by atomic mass is 16.5. The largest absolute Gasteiger partial charge is 0.489 e. The van der Waals surface area contributed by atoms with Crippen molar-refractivity contribution in [2.24, 2.45) is 0 Å². The van der Waals surface area contributed by atoms with Gasteiger partial charge in [0.2, 0.25) is 5.95 Å². The number of methoxy groups -OCH3 is 1. The lowest BCUT2D eigenvalue weighted by Crippen LogP contribution is -2.36. The predicted octanol–water partition coefficient (Wildman–Crippen LogP) is 5.04. The van der Waals surface area contributed by atoms with Gasteiger partial charge in [-0.3, -0.25) is 9.47 Å². The van der Waals surface area contributed by atoms with Crippen LogP contribution in [0, 0.1) is 0 Å². The first-order valence-electron chi connectivity index (χ1n) is 13.4. The Hall–Kier alpha value is -3.98. The van der Waals surface area contributed by atoms with Crippen LogP contribution in [0.3, 0.4) is 0 Å². The number of hydrogen-bond donors (Lipinski definition) is 1. The Kier molecular flexibility index (Phi) is 7.67. The van der Waals surface area contributed by atoms with E-state index >= 15 is 0 Å². The highest BCUT2D eigenvalue weighted by molar-refractivity contribution is 5.94. The number of para-hydroxylation sites is 2. The number of anilines is 1. The molecular weight excluding hydrogens is 490 g/mol.